The lowest BCUT2D eigenvalue weighted by molar-refractivity contribution is 0.0195. The molecule has 1 aromatic rings. The van der Waals surface area contributed by atoms with Crippen LogP contribution >= 0.6 is 24.0 Å². The number of ether oxygens (including phenoxy) is 1. The molecule has 8 heteroatoms. The molecule has 2 aliphatic heterocycles. The van der Waals surface area contributed by atoms with Gasteiger partial charge in [0.05, 0.1) is 13.2 Å². The molecule has 25 heavy (non-hydrogen) atoms. The monoisotopic (exact) mass is 462 g/mol. The van der Waals surface area contributed by atoms with Crippen molar-refractivity contribution in [1.29, 1.82) is 0 Å². The highest BCUT2D eigenvalue weighted by molar-refractivity contribution is 14.0. The highest BCUT2D eigenvalue weighted by Crippen LogP contribution is 2.17. The van der Waals surface area contributed by atoms with Crippen LogP contribution in [-0.4, -0.2) is 84.6 Å². The lowest BCUT2D eigenvalue weighted by atomic mass is 10.2. The fraction of sp³-hybridized carbons (Fsp3) is 0.765. The van der Waals surface area contributed by atoms with Gasteiger partial charge in [-0.3, -0.25) is 14.6 Å². The molecule has 0 aromatic carbocycles. The largest absolute Gasteiger partial charge is 0.379 e. The molecule has 1 aromatic heterocycles. The van der Waals surface area contributed by atoms with Crippen LogP contribution in [0.2, 0.25) is 0 Å². The summed E-state index contributed by atoms with van der Waals surface area (Å²) in [4.78, 5) is 9.44. The van der Waals surface area contributed by atoms with Crippen LogP contribution in [0.3, 0.4) is 0 Å². The average molecular weight is 462 g/mol. The van der Waals surface area contributed by atoms with E-state index in [0.29, 0.717) is 12.0 Å². The van der Waals surface area contributed by atoms with Crippen LogP contribution in [0.1, 0.15) is 13.3 Å². The Morgan fingerprint density at radius 1 is 1.36 bits per heavy atom. The van der Waals surface area contributed by atoms with E-state index >= 15 is 0 Å². The Balaban J connectivity index is 0.00000225. The quantitative estimate of drug-likeness (QED) is 0.404. The van der Waals surface area contributed by atoms with E-state index in [-0.39, 0.29) is 24.0 Å². The Kier molecular flexibility index (Phi) is 8.44. The van der Waals surface area contributed by atoms with Crippen LogP contribution in [-0.2, 0) is 11.3 Å². The van der Waals surface area contributed by atoms with E-state index < -0.39 is 0 Å². The predicted molar refractivity (Wildman–Crippen MR) is 111 cm³/mol. The summed E-state index contributed by atoms with van der Waals surface area (Å²) < 4.78 is 7.45. The summed E-state index contributed by atoms with van der Waals surface area (Å²) in [6.07, 6.45) is 5.05. The van der Waals surface area contributed by atoms with Crippen molar-refractivity contribution >= 4 is 29.9 Å². The minimum Gasteiger partial charge on any atom is -0.379 e. The molecule has 7 nitrogen and oxygen atoms in total. The van der Waals surface area contributed by atoms with Gasteiger partial charge in [0.1, 0.15) is 0 Å². The maximum absolute atomic E-state index is 5.46. The third-order valence-corrected chi connectivity index (χ3v) is 4.90. The van der Waals surface area contributed by atoms with Crippen LogP contribution in [0.25, 0.3) is 0 Å². The molecule has 0 aliphatic carbocycles. The Morgan fingerprint density at radius 3 is 2.84 bits per heavy atom. The van der Waals surface area contributed by atoms with Crippen molar-refractivity contribution in [1.82, 2.24) is 24.9 Å². The molecule has 1 N–H and O–H groups in total. The molecule has 3 rings (SSSR count). The minimum absolute atomic E-state index is 0. The average Bonchev–Trinajstić information content (AvgIpc) is 3.28. The molecule has 2 unspecified atom stereocenters. The molecule has 0 bridgehead atoms. The smallest absolute Gasteiger partial charge is 0.193 e. The van der Waals surface area contributed by atoms with Gasteiger partial charge in [-0.25, -0.2) is 0 Å². The number of hydrogen-bond acceptors (Lipinski definition) is 4. The number of aliphatic imine (C=N–C) groups is 1. The number of nitrogens with zero attached hydrogens (tertiary/aromatic N) is 5. The highest BCUT2D eigenvalue weighted by atomic mass is 127. The molecular weight excluding hydrogens is 431 g/mol. The lowest BCUT2D eigenvalue weighted by Crippen LogP contribution is -2.47. The standard InChI is InChI=1S/C17H30N6O.HI/c1-15(13-23-6-3-5-20-23)12-19-17(18-2)22-7-4-16(14-22)21-8-10-24-11-9-21;/h3,5-6,15-16H,4,7-14H2,1-2H3,(H,18,19);1H. The van der Waals surface area contributed by atoms with E-state index in [9.17, 15) is 0 Å². The first-order valence-corrected chi connectivity index (χ1v) is 9.01. The van der Waals surface area contributed by atoms with Crippen LogP contribution < -0.4 is 5.32 Å². The molecule has 0 radical (unpaired) electrons. The number of hydrogen-bond donors (Lipinski definition) is 1. The van der Waals surface area contributed by atoms with Gasteiger partial charge in [0.15, 0.2) is 5.96 Å². The summed E-state index contributed by atoms with van der Waals surface area (Å²) in [6, 6.07) is 2.60. The van der Waals surface area contributed by atoms with Crippen molar-refractivity contribution in [2.75, 3.05) is 53.0 Å². The van der Waals surface area contributed by atoms with Gasteiger partial charge in [-0.1, -0.05) is 6.92 Å². The first-order valence-electron chi connectivity index (χ1n) is 9.01. The van der Waals surface area contributed by atoms with Gasteiger partial charge in [0.2, 0.25) is 0 Å². The van der Waals surface area contributed by atoms with Gasteiger partial charge in [-0.15, -0.1) is 24.0 Å². The van der Waals surface area contributed by atoms with Gasteiger partial charge in [0.25, 0.3) is 0 Å². The zero-order chi connectivity index (χ0) is 16.8. The summed E-state index contributed by atoms with van der Waals surface area (Å²) in [6.45, 7) is 10.1. The van der Waals surface area contributed by atoms with Crippen LogP contribution in [0.4, 0.5) is 0 Å². The van der Waals surface area contributed by atoms with Crippen LogP contribution in [0.5, 0.6) is 0 Å². The molecule has 142 valence electrons. The first kappa shape index (κ1) is 20.4. The van der Waals surface area contributed by atoms with Crippen molar-refractivity contribution in [3.8, 4) is 0 Å². The molecular formula is C17H31IN6O. The van der Waals surface area contributed by atoms with Crippen molar-refractivity contribution in [3.63, 3.8) is 0 Å². The Hall–Kier alpha value is -0.870. The van der Waals surface area contributed by atoms with Gasteiger partial charge in [-0.05, 0) is 18.4 Å². The number of morpholine rings is 1. The zero-order valence-corrected chi connectivity index (χ0v) is 17.6. The molecule has 3 heterocycles. The molecule has 2 aliphatic rings. The number of likely N-dealkylation sites (tertiary alicyclic amines) is 1. The number of halogens is 1. The summed E-state index contributed by atoms with van der Waals surface area (Å²) in [5.41, 5.74) is 0. The molecule has 2 saturated heterocycles. The van der Waals surface area contributed by atoms with E-state index in [2.05, 4.69) is 32.1 Å². The Bertz CT molecular complexity index is 517. The van der Waals surface area contributed by atoms with Crippen molar-refractivity contribution < 1.29 is 4.74 Å². The second kappa shape index (κ2) is 10.3. The zero-order valence-electron chi connectivity index (χ0n) is 15.3. The van der Waals surface area contributed by atoms with E-state index in [1.165, 1.54) is 6.42 Å². The molecule has 0 amide bonds. The normalized spacial score (nSPS) is 23.4. The Morgan fingerprint density at radius 2 is 2.16 bits per heavy atom. The van der Waals surface area contributed by atoms with Gasteiger partial charge < -0.3 is 15.0 Å². The highest BCUT2D eigenvalue weighted by Gasteiger charge is 2.30. The second-order valence-electron chi connectivity index (χ2n) is 6.80. The van der Waals surface area contributed by atoms with Gasteiger partial charge in [0, 0.05) is 64.8 Å². The maximum Gasteiger partial charge on any atom is 0.193 e. The number of rotatable bonds is 5. The van der Waals surface area contributed by atoms with Crippen molar-refractivity contribution in [2.45, 2.75) is 25.9 Å². The van der Waals surface area contributed by atoms with Crippen molar-refractivity contribution in [3.05, 3.63) is 18.5 Å². The maximum atomic E-state index is 5.46. The fourth-order valence-electron chi connectivity index (χ4n) is 3.56. The fourth-order valence-corrected chi connectivity index (χ4v) is 3.56. The Labute approximate surface area is 167 Å². The first-order chi connectivity index (χ1) is 11.8. The lowest BCUT2D eigenvalue weighted by Gasteiger charge is -2.32. The number of aromatic nitrogens is 2. The van der Waals surface area contributed by atoms with E-state index in [1.807, 2.05) is 30.2 Å². The second-order valence-corrected chi connectivity index (χ2v) is 6.80. The molecule has 0 spiro atoms. The van der Waals surface area contributed by atoms with Gasteiger partial charge in [-0.2, -0.15) is 5.10 Å². The third-order valence-electron chi connectivity index (χ3n) is 4.90. The topological polar surface area (TPSA) is 57.9 Å². The molecule has 0 saturated carbocycles. The molecule has 2 fully saturated rings. The summed E-state index contributed by atoms with van der Waals surface area (Å²) in [5, 5.41) is 7.81. The summed E-state index contributed by atoms with van der Waals surface area (Å²) in [5.74, 6) is 1.53. The SMILES string of the molecule is CN=C(NCC(C)Cn1cccn1)N1CCC(N2CCOCC2)C1.I. The number of nitrogens with one attached hydrogen (secondary N) is 1. The third kappa shape index (κ3) is 5.82. The summed E-state index contributed by atoms with van der Waals surface area (Å²) >= 11 is 0. The predicted octanol–water partition coefficient (Wildman–Crippen LogP) is 1.12. The minimum atomic E-state index is 0. The molecule has 2 atom stereocenters. The van der Waals surface area contributed by atoms with E-state index in [1.54, 1.807) is 0 Å². The number of guanidine groups is 1. The van der Waals surface area contributed by atoms with Gasteiger partial charge >= 0.3 is 0 Å². The van der Waals surface area contributed by atoms with E-state index in [0.717, 1.165) is 58.4 Å². The van der Waals surface area contributed by atoms with Crippen molar-refractivity contribution in [2.24, 2.45) is 10.9 Å². The van der Waals surface area contributed by atoms with Crippen LogP contribution in [0.15, 0.2) is 23.5 Å². The summed E-state index contributed by atoms with van der Waals surface area (Å²) in [7, 11) is 1.88. The van der Waals surface area contributed by atoms with E-state index in [4.69, 9.17) is 4.74 Å². The van der Waals surface area contributed by atoms with Crippen LogP contribution in [0, 0.1) is 5.92 Å².